The van der Waals surface area contributed by atoms with E-state index < -0.39 is 0 Å². The fourth-order valence-electron chi connectivity index (χ4n) is 1.19. The minimum atomic E-state index is 1.01. The van der Waals surface area contributed by atoms with Crippen LogP contribution in [0.25, 0.3) is 5.70 Å². The summed E-state index contributed by atoms with van der Waals surface area (Å²) < 4.78 is 2.06. The molecule has 0 fully saturated rings. The molecule has 1 aromatic heterocycles. The molecule has 1 rings (SSSR count). The van der Waals surface area contributed by atoms with Crippen LogP contribution >= 0.6 is 0 Å². The average molecular weight is 235 g/mol. The Morgan fingerprint density at radius 2 is 1.71 bits per heavy atom. The van der Waals surface area contributed by atoms with Crippen LogP contribution in [-0.2, 0) is 0 Å². The van der Waals surface area contributed by atoms with Crippen molar-refractivity contribution in [2.75, 3.05) is 7.05 Å². The van der Waals surface area contributed by atoms with Gasteiger partial charge in [-0.05, 0) is 25.1 Å². The molecule has 0 aliphatic rings. The highest BCUT2D eigenvalue weighted by Gasteiger charge is 2.09. The second-order valence-electron chi connectivity index (χ2n) is 2.76. The lowest BCUT2D eigenvalue weighted by Crippen LogP contribution is -2.05. The van der Waals surface area contributed by atoms with E-state index in [2.05, 4.69) is 15.6 Å². The van der Waals surface area contributed by atoms with Gasteiger partial charge < -0.3 is 0 Å². The lowest BCUT2D eigenvalue weighted by Gasteiger charge is -1.99. The van der Waals surface area contributed by atoms with E-state index in [4.69, 9.17) is 0 Å². The fourth-order valence-corrected chi connectivity index (χ4v) is 1.19. The van der Waals surface area contributed by atoms with Crippen molar-refractivity contribution in [3.8, 4) is 0 Å². The van der Waals surface area contributed by atoms with Gasteiger partial charge in [0.25, 0.3) is 0 Å². The Morgan fingerprint density at radius 1 is 1.12 bits per heavy atom. The van der Waals surface area contributed by atoms with Gasteiger partial charge in [0.2, 0.25) is 5.70 Å². The molecule has 0 N–H and O–H groups in total. The first-order chi connectivity index (χ1) is 8.29. The van der Waals surface area contributed by atoms with Crippen LogP contribution in [0.3, 0.4) is 0 Å². The molecule has 2 heteroatoms. The fraction of sp³-hybridized carbons (Fsp3) is 0.467. The average Bonchev–Trinajstić information content (AvgIpc) is 2.45. The lowest BCUT2D eigenvalue weighted by molar-refractivity contribution is -0.391. The standard InChI is InChI=1S/C11H15N2.2C2H6/c1-4-11(13(3)5-2)10-8-6-7-9-12-10;2*1-2/h4-9H,1-3H3;2*1-2H3/q+1;;/b11-4-,13-5?;;. The molecule has 1 aromatic rings. The van der Waals surface area contributed by atoms with E-state index in [1.807, 2.05) is 79.2 Å². The van der Waals surface area contributed by atoms with Gasteiger partial charge in [-0.1, -0.05) is 33.8 Å². The highest BCUT2D eigenvalue weighted by molar-refractivity contribution is 5.59. The lowest BCUT2D eigenvalue weighted by atomic mass is 10.2. The molecule has 0 bridgehead atoms. The van der Waals surface area contributed by atoms with E-state index in [0.29, 0.717) is 0 Å². The molecule has 0 aliphatic heterocycles. The van der Waals surface area contributed by atoms with Gasteiger partial charge in [0.05, 0.1) is 0 Å². The van der Waals surface area contributed by atoms with Crippen LogP contribution in [-0.4, -0.2) is 22.8 Å². The molecule has 0 unspecified atom stereocenters. The van der Waals surface area contributed by atoms with Gasteiger partial charge in [0.1, 0.15) is 19.0 Å². The van der Waals surface area contributed by atoms with E-state index in [0.717, 1.165) is 11.4 Å². The Bertz CT molecular complexity index is 324. The zero-order valence-electron chi connectivity index (χ0n) is 12.4. The van der Waals surface area contributed by atoms with E-state index in [9.17, 15) is 0 Å². The quantitative estimate of drug-likeness (QED) is 0.553. The van der Waals surface area contributed by atoms with Crippen LogP contribution in [0.4, 0.5) is 0 Å². The predicted octanol–water partition coefficient (Wildman–Crippen LogP) is 4.23. The van der Waals surface area contributed by atoms with Gasteiger partial charge >= 0.3 is 0 Å². The summed E-state index contributed by atoms with van der Waals surface area (Å²) >= 11 is 0. The minimum absolute atomic E-state index is 1.01. The number of pyridine rings is 1. The molecular weight excluding hydrogens is 208 g/mol. The Labute approximate surface area is 107 Å². The third-order valence-electron chi connectivity index (χ3n) is 1.97. The molecule has 1 heterocycles. The van der Waals surface area contributed by atoms with Crippen LogP contribution in [0, 0.1) is 0 Å². The molecule has 0 spiro atoms. The zero-order valence-corrected chi connectivity index (χ0v) is 12.4. The molecule has 0 aliphatic carbocycles. The number of allylic oxidation sites excluding steroid dienone is 1. The molecule has 2 nitrogen and oxygen atoms in total. The number of nitrogens with zero attached hydrogens (tertiary/aromatic N) is 2. The van der Waals surface area contributed by atoms with Crippen molar-refractivity contribution in [2.24, 2.45) is 0 Å². The highest BCUT2D eigenvalue weighted by Crippen LogP contribution is 2.10. The smallest absolute Gasteiger partial charge is 0.226 e. The van der Waals surface area contributed by atoms with Gasteiger partial charge in [-0.2, -0.15) is 0 Å². The summed E-state index contributed by atoms with van der Waals surface area (Å²) in [6, 6.07) is 5.93. The molecule has 96 valence electrons. The van der Waals surface area contributed by atoms with Crippen molar-refractivity contribution in [3.63, 3.8) is 0 Å². The topological polar surface area (TPSA) is 15.9 Å². The Kier molecular flexibility index (Phi) is 13.3. The maximum atomic E-state index is 4.29. The van der Waals surface area contributed by atoms with Crippen molar-refractivity contribution in [3.05, 3.63) is 36.2 Å². The minimum Gasteiger partial charge on any atom is -0.250 e. The van der Waals surface area contributed by atoms with Crippen molar-refractivity contribution < 1.29 is 4.58 Å². The Hall–Kier alpha value is -1.44. The second-order valence-corrected chi connectivity index (χ2v) is 2.76. The van der Waals surface area contributed by atoms with E-state index in [1.54, 1.807) is 0 Å². The first-order valence-corrected chi connectivity index (χ1v) is 6.39. The second kappa shape index (κ2) is 12.6. The SMILES string of the molecule is CC.CC.CC=[N+](C)/C(=C\C)c1ccccn1. The van der Waals surface area contributed by atoms with Crippen LogP contribution in [0.15, 0.2) is 30.5 Å². The maximum Gasteiger partial charge on any atom is 0.226 e. The molecule has 17 heavy (non-hydrogen) atoms. The Morgan fingerprint density at radius 3 is 2.06 bits per heavy atom. The van der Waals surface area contributed by atoms with Crippen LogP contribution in [0.1, 0.15) is 47.2 Å². The third-order valence-corrected chi connectivity index (χ3v) is 1.97. The maximum absolute atomic E-state index is 4.29. The summed E-state index contributed by atoms with van der Waals surface area (Å²) in [5.74, 6) is 0. The molecule has 0 saturated carbocycles. The first-order valence-electron chi connectivity index (χ1n) is 6.39. The summed E-state index contributed by atoms with van der Waals surface area (Å²) in [6.45, 7) is 12.0. The van der Waals surface area contributed by atoms with Crippen molar-refractivity contribution >= 4 is 11.9 Å². The molecule has 0 aromatic carbocycles. The highest BCUT2D eigenvalue weighted by atomic mass is 15.0. The Balaban J connectivity index is 0. The van der Waals surface area contributed by atoms with Gasteiger partial charge in [-0.3, -0.25) is 0 Å². The van der Waals surface area contributed by atoms with Gasteiger partial charge in [0, 0.05) is 13.1 Å². The molecule has 0 atom stereocenters. The summed E-state index contributed by atoms with van der Waals surface area (Å²) in [5, 5.41) is 0. The monoisotopic (exact) mass is 235 g/mol. The summed E-state index contributed by atoms with van der Waals surface area (Å²) in [5.41, 5.74) is 2.13. The normalized spacial score (nSPS) is 10.8. The molecule has 0 amide bonds. The molecule has 0 saturated heterocycles. The van der Waals surface area contributed by atoms with Gasteiger partial charge in [-0.15, -0.1) is 0 Å². The van der Waals surface area contributed by atoms with Gasteiger partial charge in [-0.25, -0.2) is 9.56 Å². The number of rotatable bonds is 2. The van der Waals surface area contributed by atoms with Crippen molar-refractivity contribution in [1.82, 2.24) is 4.98 Å². The number of hydrogen-bond donors (Lipinski definition) is 0. The predicted molar refractivity (Wildman–Crippen MR) is 78.5 cm³/mol. The summed E-state index contributed by atoms with van der Waals surface area (Å²) in [7, 11) is 2.02. The zero-order chi connectivity index (χ0) is 13.7. The van der Waals surface area contributed by atoms with Crippen LogP contribution < -0.4 is 0 Å². The van der Waals surface area contributed by atoms with E-state index >= 15 is 0 Å². The summed E-state index contributed by atoms with van der Waals surface area (Å²) in [6.07, 6.45) is 5.88. The van der Waals surface area contributed by atoms with Gasteiger partial charge in [0.15, 0.2) is 0 Å². The largest absolute Gasteiger partial charge is 0.250 e. The number of hydrogen-bond acceptors (Lipinski definition) is 1. The van der Waals surface area contributed by atoms with Crippen LogP contribution in [0.5, 0.6) is 0 Å². The third kappa shape index (κ3) is 6.67. The summed E-state index contributed by atoms with van der Waals surface area (Å²) in [4.78, 5) is 4.29. The van der Waals surface area contributed by atoms with Crippen LogP contribution in [0.2, 0.25) is 0 Å². The van der Waals surface area contributed by atoms with E-state index in [-0.39, 0.29) is 0 Å². The van der Waals surface area contributed by atoms with E-state index in [1.165, 1.54) is 0 Å². The van der Waals surface area contributed by atoms with Crippen molar-refractivity contribution in [2.45, 2.75) is 41.5 Å². The van der Waals surface area contributed by atoms with Crippen molar-refractivity contribution in [1.29, 1.82) is 0 Å². The number of aromatic nitrogens is 1. The first kappa shape index (κ1) is 17.9. The molecular formula is C15H27N2+. The molecule has 0 radical (unpaired) electrons.